The Balaban J connectivity index is 1.88. The molecule has 0 unspecified atom stereocenters. The number of ether oxygens (including phenoxy) is 2. The Morgan fingerprint density at radius 2 is 1.92 bits per heavy atom. The van der Waals surface area contributed by atoms with Crippen molar-refractivity contribution in [1.82, 2.24) is 0 Å². The van der Waals surface area contributed by atoms with Gasteiger partial charge in [0.1, 0.15) is 11.5 Å². The molecule has 0 amide bonds. The van der Waals surface area contributed by atoms with Crippen LogP contribution in [0, 0.1) is 12.8 Å². The van der Waals surface area contributed by atoms with Crippen LogP contribution in [0.2, 0.25) is 0 Å². The second kappa shape index (κ2) is 6.32. The number of allylic oxidation sites excluding steroid dienone is 1. The second-order valence-electron chi connectivity index (χ2n) is 6.03. The Morgan fingerprint density at radius 1 is 1.17 bits per heavy atom. The highest BCUT2D eigenvalue weighted by Gasteiger charge is 2.28. The van der Waals surface area contributed by atoms with E-state index in [0.29, 0.717) is 17.1 Å². The van der Waals surface area contributed by atoms with Crippen LogP contribution in [0.25, 0.3) is 6.08 Å². The van der Waals surface area contributed by atoms with E-state index in [1.165, 1.54) is 0 Å². The summed E-state index contributed by atoms with van der Waals surface area (Å²) in [6.07, 6.45) is 1.73. The standard InChI is InChI=1S/C20H18O4/c1-12(2)20(22)23-15-8-9-16-17(11-15)24-18(19(16)21)10-14-7-5-4-6-13(14)3/h4-12H,1-3H3. The molecule has 0 spiro atoms. The van der Waals surface area contributed by atoms with Crippen LogP contribution in [0.3, 0.4) is 0 Å². The van der Waals surface area contributed by atoms with Gasteiger partial charge >= 0.3 is 5.97 Å². The van der Waals surface area contributed by atoms with Crippen LogP contribution >= 0.6 is 0 Å². The number of ketones is 1. The van der Waals surface area contributed by atoms with Gasteiger partial charge in [0.05, 0.1) is 11.5 Å². The number of esters is 1. The van der Waals surface area contributed by atoms with Gasteiger partial charge in [-0.05, 0) is 36.3 Å². The number of rotatable bonds is 3. The van der Waals surface area contributed by atoms with Gasteiger partial charge in [0.15, 0.2) is 5.76 Å². The maximum absolute atomic E-state index is 12.5. The Bertz CT molecular complexity index is 846. The summed E-state index contributed by atoms with van der Waals surface area (Å²) in [5.41, 5.74) is 2.46. The van der Waals surface area contributed by atoms with E-state index in [0.717, 1.165) is 11.1 Å². The van der Waals surface area contributed by atoms with Crippen molar-refractivity contribution in [2.45, 2.75) is 20.8 Å². The zero-order valence-corrected chi connectivity index (χ0v) is 13.8. The largest absolute Gasteiger partial charge is 0.452 e. The van der Waals surface area contributed by atoms with Gasteiger partial charge in [-0.25, -0.2) is 0 Å². The summed E-state index contributed by atoms with van der Waals surface area (Å²) in [5, 5.41) is 0. The van der Waals surface area contributed by atoms with Crippen LogP contribution in [-0.2, 0) is 4.79 Å². The average molecular weight is 322 g/mol. The number of hydrogen-bond donors (Lipinski definition) is 0. The summed E-state index contributed by atoms with van der Waals surface area (Å²) in [6.45, 7) is 5.50. The first-order valence-electron chi connectivity index (χ1n) is 7.81. The normalized spacial score (nSPS) is 14.7. The summed E-state index contributed by atoms with van der Waals surface area (Å²) in [4.78, 5) is 24.1. The van der Waals surface area contributed by atoms with Crippen LogP contribution < -0.4 is 9.47 Å². The molecule has 2 aromatic rings. The van der Waals surface area contributed by atoms with Crippen molar-refractivity contribution in [2.75, 3.05) is 0 Å². The van der Waals surface area contributed by atoms with Crippen molar-refractivity contribution in [1.29, 1.82) is 0 Å². The molecule has 0 fully saturated rings. The number of benzene rings is 2. The minimum absolute atomic E-state index is 0.171. The molecule has 24 heavy (non-hydrogen) atoms. The van der Waals surface area contributed by atoms with E-state index in [1.54, 1.807) is 38.1 Å². The van der Waals surface area contributed by atoms with E-state index in [4.69, 9.17) is 9.47 Å². The predicted molar refractivity (Wildman–Crippen MR) is 91.0 cm³/mol. The van der Waals surface area contributed by atoms with E-state index < -0.39 is 0 Å². The first-order chi connectivity index (χ1) is 11.5. The zero-order chi connectivity index (χ0) is 17.3. The number of hydrogen-bond acceptors (Lipinski definition) is 4. The fraction of sp³-hybridized carbons (Fsp3) is 0.200. The molecule has 122 valence electrons. The van der Waals surface area contributed by atoms with Crippen LogP contribution in [0.15, 0.2) is 48.2 Å². The fourth-order valence-electron chi connectivity index (χ4n) is 2.35. The maximum Gasteiger partial charge on any atom is 0.313 e. The van der Waals surface area contributed by atoms with Gasteiger partial charge in [0, 0.05) is 6.07 Å². The monoisotopic (exact) mass is 322 g/mol. The molecule has 1 heterocycles. The van der Waals surface area contributed by atoms with Crippen molar-refractivity contribution in [2.24, 2.45) is 5.92 Å². The lowest BCUT2D eigenvalue weighted by Crippen LogP contribution is -2.14. The van der Waals surface area contributed by atoms with Gasteiger partial charge in [-0.1, -0.05) is 38.1 Å². The van der Waals surface area contributed by atoms with Crippen LogP contribution in [0.1, 0.15) is 35.3 Å². The molecule has 2 aromatic carbocycles. The van der Waals surface area contributed by atoms with Crippen LogP contribution in [0.5, 0.6) is 11.5 Å². The third kappa shape index (κ3) is 3.08. The molecule has 4 heteroatoms. The van der Waals surface area contributed by atoms with E-state index >= 15 is 0 Å². The topological polar surface area (TPSA) is 52.6 Å². The summed E-state index contributed by atoms with van der Waals surface area (Å²) in [5.74, 6) is 0.333. The molecule has 0 saturated carbocycles. The first-order valence-corrected chi connectivity index (χ1v) is 7.81. The quantitative estimate of drug-likeness (QED) is 0.483. The van der Waals surface area contributed by atoms with Gasteiger partial charge in [-0.15, -0.1) is 0 Å². The molecule has 0 aliphatic carbocycles. The Hall–Kier alpha value is -2.88. The highest BCUT2D eigenvalue weighted by atomic mass is 16.5. The summed E-state index contributed by atoms with van der Waals surface area (Å²) >= 11 is 0. The summed E-state index contributed by atoms with van der Waals surface area (Å²) in [7, 11) is 0. The highest BCUT2D eigenvalue weighted by molar-refractivity contribution is 6.14. The molecular formula is C20H18O4. The van der Waals surface area contributed by atoms with E-state index in [1.807, 2.05) is 31.2 Å². The van der Waals surface area contributed by atoms with Gasteiger partial charge < -0.3 is 9.47 Å². The van der Waals surface area contributed by atoms with Crippen LogP contribution in [0.4, 0.5) is 0 Å². The van der Waals surface area contributed by atoms with Crippen molar-refractivity contribution in [3.05, 3.63) is 64.9 Å². The number of Topliss-reactive ketones (excluding diaryl/α,β-unsaturated/α-hetero) is 1. The molecule has 4 nitrogen and oxygen atoms in total. The summed E-state index contributed by atoms with van der Waals surface area (Å²) < 4.78 is 10.9. The van der Waals surface area contributed by atoms with E-state index in [2.05, 4.69) is 0 Å². The lowest BCUT2D eigenvalue weighted by molar-refractivity contribution is -0.137. The predicted octanol–water partition coefficient (Wildman–Crippen LogP) is 4.17. The smallest absolute Gasteiger partial charge is 0.313 e. The molecule has 0 atom stereocenters. The van der Waals surface area contributed by atoms with E-state index in [-0.39, 0.29) is 23.4 Å². The lowest BCUT2D eigenvalue weighted by atomic mass is 10.1. The third-order valence-corrected chi connectivity index (χ3v) is 3.81. The zero-order valence-electron chi connectivity index (χ0n) is 13.8. The number of aryl methyl sites for hydroxylation is 1. The molecule has 0 N–H and O–H groups in total. The molecule has 0 aromatic heterocycles. The molecule has 0 saturated heterocycles. The number of carbonyl (C=O) groups is 2. The Kier molecular flexibility index (Phi) is 4.21. The van der Waals surface area contributed by atoms with Crippen molar-refractivity contribution in [3.63, 3.8) is 0 Å². The molecule has 1 aliphatic rings. The minimum atomic E-state index is -0.324. The maximum atomic E-state index is 12.5. The number of fused-ring (bicyclic) bond motifs is 1. The Morgan fingerprint density at radius 3 is 2.62 bits per heavy atom. The molecule has 1 aliphatic heterocycles. The van der Waals surface area contributed by atoms with Gasteiger partial charge in [-0.2, -0.15) is 0 Å². The second-order valence-corrected chi connectivity index (χ2v) is 6.03. The molecule has 0 bridgehead atoms. The van der Waals surface area contributed by atoms with Crippen molar-refractivity contribution in [3.8, 4) is 11.5 Å². The SMILES string of the molecule is Cc1ccccc1C=C1Oc2cc(OC(=O)C(C)C)ccc2C1=O. The molecule has 0 radical (unpaired) electrons. The molecule has 3 rings (SSSR count). The minimum Gasteiger partial charge on any atom is -0.452 e. The third-order valence-electron chi connectivity index (χ3n) is 3.81. The van der Waals surface area contributed by atoms with Gasteiger partial charge in [0.25, 0.3) is 0 Å². The number of carbonyl (C=O) groups excluding carboxylic acids is 2. The van der Waals surface area contributed by atoms with E-state index in [9.17, 15) is 9.59 Å². The average Bonchev–Trinajstić information content (AvgIpc) is 2.85. The first kappa shape index (κ1) is 16.0. The Labute approximate surface area is 140 Å². The summed E-state index contributed by atoms with van der Waals surface area (Å²) in [6, 6.07) is 12.6. The van der Waals surface area contributed by atoms with Crippen molar-refractivity contribution >= 4 is 17.8 Å². The van der Waals surface area contributed by atoms with Gasteiger partial charge in [0.2, 0.25) is 5.78 Å². The highest BCUT2D eigenvalue weighted by Crippen LogP contribution is 2.35. The molecular weight excluding hydrogens is 304 g/mol. The van der Waals surface area contributed by atoms with Gasteiger partial charge in [-0.3, -0.25) is 9.59 Å². The van der Waals surface area contributed by atoms with Crippen LogP contribution in [-0.4, -0.2) is 11.8 Å². The fourth-order valence-corrected chi connectivity index (χ4v) is 2.35. The lowest BCUT2D eigenvalue weighted by Gasteiger charge is -2.07. The van der Waals surface area contributed by atoms with Crippen molar-refractivity contribution < 1.29 is 19.1 Å².